The van der Waals surface area contributed by atoms with Gasteiger partial charge in [0.2, 0.25) is 0 Å². The molecule has 0 spiro atoms. The second-order valence-corrected chi connectivity index (χ2v) is 4.76. The molecule has 1 aliphatic carbocycles. The molecule has 4 nitrogen and oxygen atoms in total. The van der Waals surface area contributed by atoms with Crippen LogP contribution < -0.4 is 0 Å². The summed E-state index contributed by atoms with van der Waals surface area (Å²) in [5, 5.41) is 0. The molecule has 0 saturated heterocycles. The van der Waals surface area contributed by atoms with Crippen LogP contribution in [0.4, 0.5) is 13.2 Å². The van der Waals surface area contributed by atoms with Gasteiger partial charge in [0.1, 0.15) is 0 Å². The molecular formula is C13H27B2F3O4. The average Bonchev–Trinajstić information content (AvgIpc) is 3.20. The first-order chi connectivity index (χ1) is 10.2. The zero-order valence-electron chi connectivity index (χ0n) is 14.3. The highest BCUT2D eigenvalue weighted by Crippen LogP contribution is 2.46. The fraction of sp³-hybridized carbons (Fsp3) is 0.846. The van der Waals surface area contributed by atoms with E-state index in [9.17, 15) is 13.2 Å². The standard InChI is InChI=1S/C6H13BO2.C4H9BO2.C3H5F3/c1-5-4-6(5)7(8-2)9-3;1-4-5(6-2)7-3;1-2-3(4,5)6/h5-6H,4H2,1-3H3;4H,1H2,2-3H3;2H2,1H3. The van der Waals surface area contributed by atoms with E-state index < -0.39 is 12.6 Å². The lowest BCUT2D eigenvalue weighted by Crippen LogP contribution is -2.19. The third-order valence-electron chi connectivity index (χ3n) is 3.04. The number of hydrogen-bond donors (Lipinski definition) is 0. The maximum atomic E-state index is 10.8. The van der Waals surface area contributed by atoms with Gasteiger partial charge in [0.15, 0.2) is 0 Å². The van der Waals surface area contributed by atoms with Gasteiger partial charge in [0, 0.05) is 34.9 Å². The van der Waals surface area contributed by atoms with Crippen molar-refractivity contribution in [3.8, 4) is 0 Å². The number of hydrogen-bond acceptors (Lipinski definition) is 4. The van der Waals surface area contributed by atoms with Crippen LogP contribution in [0.5, 0.6) is 0 Å². The van der Waals surface area contributed by atoms with Crippen LogP contribution in [0.1, 0.15) is 26.7 Å². The zero-order chi connectivity index (χ0) is 17.8. The average molecular weight is 326 g/mol. The van der Waals surface area contributed by atoms with Crippen molar-refractivity contribution in [3.05, 3.63) is 12.6 Å². The van der Waals surface area contributed by atoms with Crippen molar-refractivity contribution in [2.24, 2.45) is 5.92 Å². The van der Waals surface area contributed by atoms with Gasteiger partial charge in [-0.05, 0) is 18.2 Å². The Labute approximate surface area is 132 Å². The van der Waals surface area contributed by atoms with Crippen molar-refractivity contribution in [1.82, 2.24) is 0 Å². The third-order valence-corrected chi connectivity index (χ3v) is 3.04. The van der Waals surface area contributed by atoms with Crippen LogP contribution in [0.3, 0.4) is 0 Å². The van der Waals surface area contributed by atoms with Crippen molar-refractivity contribution < 1.29 is 31.8 Å². The summed E-state index contributed by atoms with van der Waals surface area (Å²) < 4.78 is 51.9. The highest BCUT2D eigenvalue weighted by atomic mass is 19.4. The minimum atomic E-state index is -3.96. The Morgan fingerprint density at radius 1 is 1.09 bits per heavy atom. The van der Waals surface area contributed by atoms with Crippen molar-refractivity contribution in [3.63, 3.8) is 0 Å². The molecule has 0 aliphatic heterocycles. The Kier molecular flexibility index (Phi) is 14.0. The molecule has 1 rings (SSSR count). The number of halogens is 3. The highest BCUT2D eigenvalue weighted by Gasteiger charge is 2.44. The molecule has 0 radical (unpaired) electrons. The van der Waals surface area contributed by atoms with Crippen LogP contribution >= 0.6 is 0 Å². The molecule has 0 amide bonds. The van der Waals surface area contributed by atoms with E-state index in [4.69, 9.17) is 18.6 Å². The van der Waals surface area contributed by atoms with Gasteiger partial charge in [-0.25, -0.2) is 0 Å². The lowest BCUT2D eigenvalue weighted by Gasteiger charge is -2.05. The summed E-state index contributed by atoms with van der Waals surface area (Å²) >= 11 is 0. The van der Waals surface area contributed by atoms with Crippen LogP contribution in [0.25, 0.3) is 0 Å². The first-order valence-electron chi connectivity index (χ1n) is 7.01. The summed E-state index contributed by atoms with van der Waals surface area (Å²) in [6, 6.07) is 0. The Morgan fingerprint density at radius 2 is 1.45 bits per heavy atom. The van der Waals surface area contributed by atoms with Gasteiger partial charge in [0.25, 0.3) is 0 Å². The van der Waals surface area contributed by atoms with Gasteiger partial charge >= 0.3 is 20.4 Å². The second kappa shape index (κ2) is 13.0. The summed E-state index contributed by atoms with van der Waals surface area (Å²) in [5.41, 5.74) is 0. The van der Waals surface area contributed by atoms with Crippen LogP contribution in [-0.4, -0.2) is 48.9 Å². The molecule has 0 aromatic heterocycles. The van der Waals surface area contributed by atoms with E-state index >= 15 is 0 Å². The topological polar surface area (TPSA) is 36.9 Å². The quantitative estimate of drug-likeness (QED) is 0.699. The zero-order valence-corrected chi connectivity index (χ0v) is 14.3. The normalized spacial score (nSPS) is 19.1. The molecule has 1 fully saturated rings. The van der Waals surface area contributed by atoms with Gasteiger partial charge in [0.05, 0.1) is 0 Å². The van der Waals surface area contributed by atoms with Gasteiger partial charge in [-0.3, -0.25) is 0 Å². The molecule has 130 valence electrons. The van der Waals surface area contributed by atoms with Crippen LogP contribution in [-0.2, 0) is 18.6 Å². The molecule has 1 aliphatic rings. The van der Waals surface area contributed by atoms with Gasteiger partial charge in [-0.1, -0.05) is 19.8 Å². The summed E-state index contributed by atoms with van der Waals surface area (Å²) in [6.07, 6.45) is -3.43. The van der Waals surface area contributed by atoms with E-state index in [1.54, 1.807) is 34.4 Å². The fourth-order valence-electron chi connectivity index (χ4n) is 1.46. The first-order valence-corrected chi connectivity index (χ1v) is 7.01. The van der Waals surface area contributed by atoms with Crippen LogP contribution in [0.15, 0.2) is 12.6 Å². The molecule has 0 heterocycles. The minimum Gasteiger partial charge on any atom is -0.414 e. The lowest BCUT2D eigenvalue weighted by atomic mass is 9.81. The summed E-state index contributed by atoms with van der Waals surface area (Å²) in [4.78, 5) is 0. The van der Waals surface area contributed by atoms with Crippen molar-refractivity contribution in [2.75, 3.05) is 28.4 Å². The van der Waals surface area contributed by atoms with Crippen molar-refractivity contribution in [1.29, 1.82) is 0 Å². The molecule has 0 aromatic rings. The maximum Gasteiger partial charge on any atom is 0.485 e. The van der Waals surface area contributed by atoms with E-state index in [1.165, 1.54) is 6.42 Å². The first kappa shape index (κ1) is 23.8. The molecule has 2 atom stereocenters. The van der Waals surface area contributed by atoms with E-state index in [-0.39, 0.29) is 14.2 Å². The van der Waals surface area contributed by atoms with Crippen LogP contribution in [0, 0.1) is 5.92 Å². The maximum absolute atomic E-state index is 10.8. The van der Waals surface area contributed by atoms with Crippen molar-refractivity contribution >= 4 is 14.2 Å². The highest BCUT2D eigenvalue weighted by molar-refractivity contribution is 6.50. The van der Waals surface area contributed by atoms with Crippen molar-refractivity contribution in [2.45, 2.75) is 38.7 Å². The minimum absolute atomic E-state index is 0.0417. The summed E-state index contributed by atoms with van der Waals surface area (Å²) in [7, 11) is 6.31. The Morgan fingerprint density at radius 3 is 1.50 bits per heavy atom. The Bertz CT molecular complexity index is 273. The van der Waals surface area contributed by atoms with E-state index in [2.05, 4.69) is 13.5 Å². The Hall–Kier alpha value is -0.500. The fourth-order valence-corrected chi connectivity index (χ4v) is 1.46. The van der Waals surface area contributed by atoms with Crippen LogP contribution in [0.2, 0.25) is 5.82 Å². The summed E-state index contributed by atoms with van der Waals surface area (Å²) in [6.45, 7) is 6.75. The molecule has 0 bridgehead atoms. The molecule has 0 aromatic carbocycles. The van der Waals surface area contributed by atoms with Gasteiger partial charge in [-0.15, -0.1) is 6.58 Å². The van der Waals surface area contributed by atoms with E-state index in [0.717, 1.165) is 12.8 Å². The molecule has 9 heteroatoms. The largest absolute Gasteiger partial charge is 0.485 e. The van der Waals surface area contributed by atoms with E-state index in [0.29, 0.717) is 5.82 Å². The molecule has 1 saturated carbocycles. The molecule has 22 heavy (non-hydrogen) atoms. The predicted octanol–water partition coefficient (Wildman–Crippen LogP) is 3.63. The smallest absolute Gasteiger partial charge is 0.414 e. The molecule has 0 N–H and O–H groups in total. The Balaban J connectivity index is 0. The number of rotatable bonds is 6. The third kappa shape index (κ3) is 13.2. The molecule has 2 unspecified atom stereocenters. The SMILES string of the molecule is C=CB(OC)OC.CCC(F)(F)F.COB(OC)C1CC1C. The monoisotopic (exact) mass is 326 g/mol. The predicted molar refractivity (Wildman–Crippen MR) is 83.6 cm³/mol. The van der Waals surface area contributed by atoms with Gasteiger partial charge < -0.3 is 18.6 Å². The lowest BCUT2D eigenvalue weighted by molar-refractivity contribution is -0.130. The second-order valence-electron chi connectivity index (χ2n) is 4.76. The number of alkyl halides is 3. The summed E-state index contributed by atoms with van der Waals surface area (Å²) in [5.74, 6) is 3.04. The van der Waals surface area contributed by atoms with Gasteiger partial charge in [-0.2, -0.15) is 13.2 Å². The molecular weight excluding hydrogens is 299 g/mol. The van der Waals surface area contributed by atoms with E-state index in [1.807, 2.05) is 0 Å².